The first-order chi connectivity index (χ1) is 24.3. The van der Waals surface area contributed by atoms with Crippen LogP contribution in [0.1, 0.15) is 0 Å². The zero-order valence-corrected chi connectivity index (χ0v) is 26.8. The number of furan rings is 1. The highest BCUT2D eigenvalue weighted by atomic mass is 16.3. The molecule has 9 aromatic rings. The minimum absolute atomic E-state index is 0.840. The second kappa shape index (κ2) is 12.2. The van der Waals surface area contributed by atoms with Gasteiger partial charge in [0.25, 0.3) is 0 Å². The Bertz CT molecular complexity index is 2500. The van der Waals surface area contributed by atoms with E-state index in [4.69, 9.17) is 4.42 Å². The van der Waals surface area contributed by atoms with Crippen molar-refractivity contribution in [2.24, 2.45) is 0 Å². The average molecular weight is 629 g/mol. The van der Waals surface area contributed by atoms with Crippen LogP contribution in [-0.2, 0) is 0 Å². The molecule has 0 atom stereocenters. The van der Waals surface area contributed by atoms with E-state index in [0.717, 1.165) is 67.0 Å². The molecule has 0 bridgehead atoms. The van der Waals surface area contributed by atoms with Gasteiger partial charge in [-0.1, -0.05) is 121 Å². The lowest BCUT2D eigenvalue weighted by Crippen LogP contribution is -2.17. The van der Waals surface area contributed by atoms with Gasteiger partial charge >= 0.3 is 0 Å². The van der Waals surface area contributed by atoms with Crippen LogP contribution in [0.25, 0.3) is 43.8 Å². The summed E-state index contributed by atoms with van der Waals surface area (Å²) in [5.74, 6) is 0. The van der Waals surface area contributed by atoms with Crippen LogP contribution in [0.5, 0.6) is 0 Å². The van der Waals surface area contributed by atoms with E-state index in [1.54, 1.807) is 0 Å². The van der Waals surface area contributed by atoms with E-state index in [1.165, 1.54) is 10.9 Å². The molecule has 0 radical (unpaired) electrons. The number of anilines is 6. The third-order valence-corrected chi connectivity index (χ3v) is 9.17. The summed E-state index contributed by atoms with van der Waals surface area (Å²) < 4.78 is 6.70. The predicted octanol–water partition coefficient (Wildman–Crippen LogP) is 13.3. The molecule has 0 amide bonds. The first-order valence-electron chi connectivity index (χ1n) is 16.6. The van der Waals surface area contributed by atoms with Crippen molar-refractivity contribution in [3.63, 3.8) is 0 Å². The number of fused-ring (bicyclic) bond motifs is 4. The normalized spacial score (nSPS) is 11.3. The van der Waals surface area contributed by atoms with Crippen molar-refractivity contribution in [3.8, 4) is 11.1 Å². The SMILES string of the molecule is c1ccc(-c2cccc(N(c3ccccc3)c3cc4c(cc3N(c3ccccc3)c3ccccc3)oc3cc5ccccc5cc34)c2)cc1. The summed E-state index contributed by atoms with van der Waals surface area (Å²) in [4.78, 5) is 4.70. The van der Waals surface area contributed by atoms with Crippen LogP contribution in [0.3, 0.4) is 0 Å². The van der Waals surface area contributed by atoms with Crippen LogP contribution >= 0.6 is 0 Å². The summed E-state index contributed by atoms with van der Waals surface area (Å²) in [6.45, 7) is 0. The number of para-hydroxylation sites is 3. The van der Waals surface area contributed by atoms with Gasteiger partial charge in [0, 0.05) is 39.6 Å². The third kappa shape index (κ3) is 5.28. The maximum Gasteiger partial charge on any atom is 0.137 e. The van der Waals surface area contributed by atoms with E-state index in [2.05, 4.69) is 204 Å². The molecule has 0 saturated heterocycles. The molecule has 3 nitrogen and oxygen atoms in total. The van der Waals surface area contributed by atoms with E-state index in [1.807, 2.05) is 0 Å². The summed E-state index contributed by atoms with van der Waals surface area (Å²) in [7, 11) is 0. The molecule has 1 heterocycles. The molecule has 9 rings (SSSR count). The van der Waals surface area contributed by atoms with Crippen LogP contribution in [0.2, 0.25) is 0 Å². The third-order valence-electron chi connectivity index (χ3n) is 9.17. The lowest BCUT2D eigenvalue weighted by molar-refractivity contribution is 0.669. The van der Waals surface area contributed by atoms with Crippen LogP contribution < -0.4 is 9.80 Å². The molecular weight excluding hydrogens is 597 g/mol. The highest BCUT2D eigenvalue weighted by molar-refractivity contribution is 6.13. The molecule has 0 aliphatic rings. The van der Waals surface area contributed by atoms with Crippen molar-refractivity contribution < 1.29 is 4.42 Å². The zero-order valence-electron chi connectivity index (χ0n) is 26.8. The van der Waals surface area contributed by atoms with Crippen molar-refractivity contribution in [1.29, 1.82) is 0 Å². The Morgan fingerprint density at radius 3 is 1.35 bits per heavy atom. The molecule has 0 saturated carbocycles. The quantitative estimate of drug-likeness (QED) is 0.175. The molecule has 49 heavy (non-hydrogen) atoms. The highest BCUT2D eigenvalue weighted by Gasteiger charge is 2.25. The summed E-state index contributed by atoms with van der Waals surface area (Å²) in [5.41, 5.74) is 10.3. The predicted molar refractivity (Wildman–Crippen MR) is 206 cm³/mol. The van der Waals surface area contributed by atoms with Gasteiger partial charge in [-0.05, 0) is 88.6 Å². The van der Waals surface area contributed by atoms with Crippen LogP contribution in [0.15, 0.2) is 199 Å². The van der Waals surface area contributed by atoms with Crippen molar-refractivity contribution in [3.05, 3.63) is 194 Å². The zero-order chi connectivity index (χ0) is 32.6. The van der Waals surface area contributed by atoms with Gasteiger partial charge in [-0.2, -0.15) is 0 Å². The number of rotatable bonds is 7. The molecule has 0 fully saturated rings. The Kier molecular flexibility index (Phi) is 7.14. The highest BCUT2D eigenvalue weighted by Crippen LogP contribution is 2.49. The number of hydrogen-bond acceptors (Lipinski definition) is 3. The van der Waals surface area contributed by atoms with Crippen molar-refractivity contribution in [2.75, 3.05) is 9.80 Å². The average Bonchev–Trinajstić information content (AvgIpc) is 3.52. The van der Waals surface area contributed by atoms with E-state index in [0.29, 0.717) is 0 Å². The largest absolute Gasteiger partial charge is 0.456 e. The van der Waals surface area contributed by atoms with Crippen LogP contribution in [-0.4, -0.2) is 0 Å². The Hall–Kier alpha value is -6.58. The Balaban J connectivity index is 1.38. The van der Waals surface area contributed by atoms with E-state index in [9.17, 15) is 0 Å². The van der Waals surface area contributed by atoms with Crippen molar-refractivity contribution in [1.82, 2.24) is 0 Å². The van der Waals surface area contributed by atoms with Gasteiger partial charge in [0.2, 0.25) is 0 Å². The van der Waals surface area contributed by atoms with Crippen LogP contribution in [0, 0.1) is 0 Å². The lowest BCUT2D eigenvalue weighted by atomic mass is 10.0. The lowest BCUT2D eigenvalue weighted by Gasteiger charge is -2.33. The monoisotopic (exact) mass is 628 g/mol. The smallest absolute Gasteiger partial charge is 0.137 e. The number of benzene rings is 8. The van der Waals surface area contributed by atoms with E-state index < -0.39 is 0 Å². The Labute approximate surface area is 285 Å². The molecule has 0 N–H and O–H groups in total. The van der Waals surface area contributed by atoms with Gasteiger partial charge in [0.1, 0.15) is 11.2 Å². The van der Waals surface area contributed by atoms with Gasteiger partial charge in [-0.15, -0.1) is 0 Å². The molecule has 0 unspecified atom stereocenters. The second-order valence-corrected chi connectivity index (χ2v) is 12.2. The Morgan fingerprint density at radius 2 is 0.735 bits per heavy atom. The standard InChI is InChI=1S/C46H32N2O/c1-5-16-33(17-6-1)34-20-15-27-40(28-34)48(39-25-11-4-12-26-39)43-31-42-41-29-35-18-13-14-19-36(35)30-45(41)49-46(42)32-44(43)47(37-21-7-2-8-22-37)38-23-9-3-10-24-38/h1-32H. The minimum Gasteiger partial charge on any atom is -0.456 e. The summed E-state index contributed by atoms with van der Waals surface area (Å²) in [5, 5.41) is 4.52. The summed E-state index contributed by atoms with van der Waals surface area (Å²) >= 11 is 0. The maximum absolute atomic E-state index is 6.70. The van der Waals surface area contributed by atoms with Gasteiger partial charge in [-0.25, -0.2) is 0 Å². The topological polar surface area (TPSA) is 19.6 Å². The molecule has 0 aliphatic carbocycles. The second-order valence-electron chi connectivity index (χ2n) is 12.2. The fraction of sp³-hybridized carbons (Fsp3) is 0. The summed E-state index contributed by atoms with van der Waals surface area (Å²) in [6.07, 6.45) is 0. The van der Waals surface area contributed by atoms with Crippen LogP contribution in [0.4, 0.5) is 34.1 Å². The summed E-state index contributed by atoms with van der Waals surface area (Å²) in [6, 6.07) is 68.6. The molecule has 232 valence electrons. The maximum atomic E-state index is 6.70. The minimum atomic E-state index is 0.840. The van der Waals surface area contributed by atoms with Crippen molar-refractivity contribution in [2.45, 2.75) is 0 Å². The molecular formula is C46H32N2O. The van der Waals surface area contributed by atoms with Gasteiger partial charge in [0.15, 0.2) is 0 Å². The first kappa shape index (κ1) is 28.6. The van der Waals surface area contributed by atoms with Gasteiger partial charge < -0.3 is 14.2 Å². The molecule has 1 aromatic heterocycles. The number of nitrogens with zero attached hydrogens (tertiary/aromatic N) is 2. The van der Waals surface area contributed by atoms with E-state index in [-0.39, 0.29) is 0 Å². The molecule has 0 spiro atoms. The van der Waals surface area contributed by atoms with Gasteiger partial charge in [0.05, 0.1) is 11.4 Å². The first-order valence-corrected chi connectivity index (χ1v) is 16.6. The van der Waals surface area contributed by atoms with Crippen molar-refractivity contribution >= 4 is 66.8 Å². The fourth-order valence-electron chi connectivity index (χ4n) is 6.88. The number of hydrogen-bond donors (Lipinski definition) is 0. The van der Waals surface area contributed by atoms with Gasteiger partial charge in [-0.3, -0.25) is 0 Å². The Morgan fingerprint density at radius 1 is 0.306 bits per heavy atom. The molecule has 8 aromatic carbocycles. The molecule has 0 aliphatic heterocycles. The van der Waals surface area contributed by atoms with E-state index >= 15 is 0 Å². The molecule has 3 heteroatoms. The fourth-order valence-corrected chi connectivity index (χ4v) is 6.88.